The molecule has 0 bridgehead atoms. The summed E-state index contributed by atoms with van der Waals surface area (Å²) < 4.78 is 16.0. The van der Waals surface area contributed by atoms with Gasteiger partial charge in [-0.25, -0.2) is 9.59 Å². The first-order chi connectivity index (χ1) is 18.4. The summed E-state index contributed by atoms with van der Waals surface area (Å²) >= 11 is 0. The highest BCUT2D eigenvalue weighted by Crippen LogP contribution is 2.52. The second-order valence-corrected chi connectivity index (χ2v) is 8.67. The number of hydrogen-bond acceptors (Lipinski definition) is 7. The number of likely N-dealkylation sites (tertiary alicyclic amines) is 1. The summed E-state index contributed by atoms with van der Waals surface area (Å²) in [6.07, 6.45) is 0. The van der Waals surface area contributed by atoms with Crippen molar-refractivity contribution in [2.45, 2.75) is 31.3 Å². The highest BCUT2D eigenvalue weighted by molar-refractivity contribution is 6.18. The predicted octanol–water partition coefficient (Wildman–Crippen LogP) is 4.05. The maximum Gasteiger partial charge on any atom is 0.344 e. The highest BCUT2D eigenvalue weighted by atomic mass is 16.6. The lowest BCUT2D eigenvalue weighted by molar-refractivity contribution is -0.189. The number of Topliss-reactive ketones (excluding diaryl/α,β-unsaturated/α-hetero) is 1. The quantitative estimate of drug-likeness (QED) is 0.241. The van der Waals surface area contributed by atoms with Crippen LogP contribution < -0.4 is 4.74 Å². The number of hydrogen-bond donors (Lipinski definition) is 0. The molecule has 1 heterocycles. The fraction of sp³-hybridized carbons (Fsp3) is 0.267. The van der Waals surface area contributed by atoms with Gasteiger partial charge in [0, 0.05) is 11.1 Å². The van der Waals surface area contributed by atoms with E-state index in [0.29, 0.717) is 16.9 Å². The number of ketones is 1. The molecule has 0 saturated carbocycles. The van der Waals surface area contributed by atoms with Crippen molar-refractivity contribution < 1.29 is 33.4 Å². The lowest BCUT2D eigenvalue weighted by Gasteiger charge is -2.59. The zero-order chi connectivity index (χ0) is 27.3. The summed E-state index contributed by atoms with van der Waals surface area (Å²) in [6, 6.07) is 22.2. The molecule has 196 valence electrons. The fourth-order valence-electron chi connectivity index (χ4n) is 4.97. The molecule has 1 aliphatic rings. The van der Waals surface area contributed by atoms with Crippen LogP contribution in [0, 0.1) is 0 Å². The third kappa shape index (κ3) is 4.42. The molecule has 0 unspecified atom stereocenters. The Hall–Kier alpha value is -4.46. The normalized spacial score (nSPS) is 17.6. The molecule has 0 N–H and O–H groups in total. The minimum atomic E-state index is -2.20. The van der Waals surface area contributed by atoms with Gasteiger partial charge < -0.3 is 19.1 Å². The molecule has 3 aromatic carbocycles. The Morgan fingerprint density at radius 3 is 1.76 bits per heavy atom. The van der Waals surface area contributed by atoms with E-state index in [-0.39, 0.29) is 18.8 Å². The van der Waals surface area contributed by atoms with E-state index in [0.717, 1.165) is 4.90 Å². The third-order valence-electron chi connectivity index (χ3n) is 6.64. The zero-order valence-electron chi connectivity index (χ0n) is 21.5. The van der Waals surface area contributed by atoms with Gasteiger partial charge >= 0.3 is 11.9 Å². The van der Waals surface area contributed by atoms with E-state index in [2.05, 4.69) is 0 Å². The van der Waals surface area contributed by atoms with Gasteiger partial charge in [0.25, 0.3) is 5.91 Å². The van der Waals surface area contributed by atoms with E-state index < -0.39 is 41.1 Å². The van der Waals surface area contributed by atoms with Crippen LogP contribution in [0.15, 0.2) is 84.9 Å². The van der Waals surface area contributed by atoms with E-state index in [1.54, 1.807) is 98.8 Å². The van der Waals surface area contributed by atoms with Crippen molar-refractivity contribution in [1.82, 2.24) is 4.90 Å². The van der Waals surface area contributed by atoms with Gasteiger partial charge in [0.2, 0.25) is 5.54 Å². The van der Waals surface area contributed by atoms with Crippen molar-refractivity contribution in [2.75, 3.05) is 20.3 Å². The molecule has 1 aliphatic heterocycles. The van der Waals surface area contributed by atoms with Crippen LogP contribution in [0.25, 0.3) is 0 Å². The number of carbonyl (C=O) groups is 4. The number of carbonyl (C=O) groups excluding carboxylic acids is 4. The molecule has 1 fully saturated rings. The molecule has 38 heavy (non-hydrogen) atoms. The van der Waals surface area contributed by atoms with Gasteiger partial charge in [-0.1, -0.05) is 48.5 Å². The van der Waals surface area contributed by atoms with Crippen LogP contribution in [0.3, 0.4) is 0 Å². The molecular weight excluding hydrogens is 486 g/mol. The van der Waals surface area contributed by atoms with Crippen LogP contribution in [0.2, 0.25) is 0 Å². The van der Waals surface area contributed by atoms with Gasteiger partial charge in [-0.15, -0.1) is 0 Å². The smallest absolute Gasteiger partial charge is 0.344 e. The Morgan fingerprint density at radius 2 is 1.26 bits per heavy atom. The molecule has 4 rings (SSSR count). The summed E-state index contributed by atoms with van der Waals surface area (Å²) in [4.78, 5) is 56.6. The molecule has 3 aromatic rings. The second-order valence-electron chi connectivity index (χ2n) is 8.67. The summed E-state index contributed by atoms with van der Waals surface area (Å²) in [6.45, 7) is 3.14. The minimum Gasteiger partial charge on any atom is -0.497 e. The Balaban J connectivity index is 1.96. The fourth-order valence-corrected chi connectivity index (χ4v) is 4.97. The molecule has 2 atom stereocenters. The summed E-state index contributed by atoms with van der Waals surface area (Å²) in [5, 5.41) is 0. The number of esters is 2. The van der Waals surface area contributed by atoms with Gasteiger partial charge in [0.15, 0.2) is 5.78 Å². The van der Waals surface area contributed by atoms with Crippen LogP contribution in [-0.4, -0.2) is 60.4 Å². The van der Waals surface area contributed by atoms with E-state index in [1.807, 2.05) is 0 Å². The van der Waals surface area contributed by atoms with Crippen molar-refractivity contribution in [3.05, 3.63) is 102 Å². The van der Waals surface area contributed by atoms with Crippen molar-refractivity contribution in [3.8, 4) is 5.75 Å². The van der Waals surface area contributed by atoms with E-state index >= 15 is 0 Å². The second kappa shape index (κ2) is 11.3. The number of rotatable bonds is 9. The predicted molar refractivity (Wildman–Crippen MR) is 139 cm³/mol. The topological polar surface area (TPSA) is 99.2 Å². The standard InChI is InChI=1S/C30H29NO7/c1-4-37-28(34)30(29(35)38-5-2)24(20-12-8-6-9-13-20)25(26(32)21-16-18-23(36-3)19-17-21)31(30)27(33)22-14-10-7-11-15-22/h6-19,24-25H,4-5H2,1-3H3/t24-,25+/m1/s1. The monoisotopic (exact) mass is 515 g/mol. The van der Waals surface area contributed by atoms with Crippen molar-refractivity contribution in [1.29, 1.82) is 0 Å². The number of benzene rings is 3. The first-order valence-corrected chi connectivity index (χ1v) is 12.4. The number of methoxy groups -OCH3 is 1. The van der Waals surface area contributed by atoms with Crippen molar-refractivity contribution in [2.24, 2.45) is 0 Å². The van der Waals surface area contributed by atoms with E-state index in [1.165, 1.54) is 7.11 Å². The summed E-state index contributed by atoms with van der Waals surface area (Å²) in [5.41, 5.74) is -1.17. The highest BCUT2D eigenvalue weighted by Gasteiger charge is 2.75. The van der Waals surface area contributed by atoms with Gasteiger partial charge in [-0.3, -0.25) is 9.59 Å². The first kappa shape index (κ1) is 26.6. The minimum absolute atomic E-state index is 0.0358. The Bertz CT molecular complexity index is 1290. The Morgan fingerprint density at radius 1 is 0.737 bits per heavy atom. The molecule has 0 aliphatic carbocycles. The molecule has 1 amide bonds. The number of ether oxygens (including phenoxy) is 3. The largest absolute Gasteiger partial charge is 0.497 e. The summed E-state index contributed by atoms with van der Waals surface area (Å²) in [7, 11) is 1.52. The van der Waals surface area contributed by atoms with Gasteiger partial charge in [0.1, 0.15) is 11.8 Å². The first-order valence-electron chi connectivity index (χ1n) is 12.4. The van der Waals surface area contributed by atoms with Crippen LogP contribution >= 0.6 is 0 Å². The summed E-state index contributed by atoms with van der Waals surface area (Å²) in [5.74, 6) is -3.49. The van der Waals surface area contributed by atoms with Crippen molar-refractivity contribution >= 4 is 23.6 Å². The third-order valence-corrected chi connectivity index (χ3v) is 6.64. The van der Waals surface area contributed by atoms with Gasteiger partial charge in [0.05, 0.1) is 26.2 Å². The molecule has 0 radical (unpaired) electrons. The van der Waals surface area contributed by atoms with Crippen molar-refractivity contribution in [3.63, 3.8) is 0 Å². The molecular formula is C30H29NO7. The average molecular weight is 516 g/mol. The van der Waals surface area contributed by atoms with E-state index in [9.17, 15) is 19.2 Å². The van der Waals surface area contributed by atoms with Crippen LogP contribution in [0.4, 0.5) is 0 Å². The molecule has 0 spiro atoms. The van der Waals surface area contributed by atoms with Gasteiger partial charge in [-0.2, -0.15) is 0 Å². The van der Waals surface area contributed by atoms with Crippen LogP contribution in [0.1, 0.15) is 46.0 Å². The maximum absolute atomic E-state index is 14.1. The Labute approximate surface area is 221 Å². The van der Waals surface area contributed by atoms with Gasteiger partial charge in [-0.05, 0) is 55.8 Å². The lowest BCUT2D eigenvalue weighted by atomic mass is 9.62. The SMILES string of the molecule is CCOC(=O)C1(C(=O)OCC)[C@H](c2ccccc2)[C@@H](C(=O)c2ccc(OC)cc2)N1C(=O)c1ccccc1. The molecule has 1 saturated heterocycles. The van der Waals surface area contributed by atoms with Crippen LogP contribution in [0.5, 0.6) is 5.75 Å². The number of amides is 1. The molecule has 8 nitrogen and oxygen atoms in total. The Kier molecular flexibility index (Phi) is 7.90. The molecule has 8 heteroatoms. The zero-order valence-corrected chi connectivity index (χ0v) is 21.5. The lowest BCUT2D eigenvalue weighted by Crippen LogP contribution is -2.82. The van der Waals surface area contributed by atoms with Crippen LogP contribution in [-0.2, 0) is 19.1 Å². The molecule has 0 aromatic heterocycles. The maximum atomic E-state index is 14.1. The van der Waals surface area contributed by atoms with E-state index in [4.69, 9.17) is 14.2 Å². The average Bonchev–Trinajstić information content (AvgIpc) is 2.94. The number of nitrogens with zero attached hydrogens (tertiary/aromatic N) is 1.